The zero-order valence-electron chi connectivity index (χ0n) is 10.8. The quantitative estimate of drug-likeness (QED) is 0.810. The predicted molar refractivity (Wildman–Crippen MR) is 69.0 cm³/mol. The van der Waals surface area contributed by atoms with E-state index in [1.165, 1.54) is 13.2 Å². The molecule has 6 heteroatoms. The van der Waals surface area contributed by atoms with Gasteiger partial charge in [-0.1, -0.05) is 19.1 Å². The molecule has 0 aromatic heterocycles. The third-order valence-corrected chi connectivity index (χ3v) is 4.44. The summed E-state index contributed by atoms with van der Waals surface area (Å²) in [4.78, 5) is 0.101. The van der Waals surface area contributed by atoms with E-state index in [2.05, 4.69) is 4.72 Å². The van der Waals surface area contributed by atoms with Gasteiger partial charge in [-0.2, -0.15) is 0 Å². The monoisotopic (exact) mass is 273 g/mol. The van der Waals surface area contributed by atoms with Crippen LogP contribution in [0.2, 0.25) is 0 Å². The van der Waals surface area contributed by atoms with Crippen molar-refractivity contribution in [3.8, 4) is 5.75 Å². The lowest BCUT2D eigenvalue weighted by Gasteiger charge is -2.20. The molecule has 0 aliphatic carbocycles. The van der Waals surface area contributed by atoms with Gasteiger partial charge < -0.3 is 9.84 Å². The molecular formula is C12H19NO4S. The molecule has 0 saturated carbocycles. The lowest BCUT2D eigenvalue weighted by atomic mass is 10.1. The van der Waals surface area contributed by atoms with Crippen molar-refractivity contribution < 1.29 is 18.3 Å². The van der Waals surface area contributed by atoms with Crippen LogP contribution in [-0.4, -0.2) is 33.3 Å². The molecule has 18 heavy (non-hydrogen) atoms. The number of hydrogen-bond acceptors (Lipinski definition) is 4. The molecule has 1 rings (SSSR count). The molecule has 0 amide bonds. The molecule has 5 nitrogen and oxygen atoms in total. The van der Waals surface area contributed by atoms with E-state index in [-0.39, 0.29) is 23.5 Å². The first-order valence-electron chi connectivity index (χ1n) is 5.68. The fourth-order valence-electron chi connectivity index (χ4n) is 1.42. The molecule has 0 spiro atoms. The van der Waals surface area contributed by atoms with Gasteiger partial charge in [0.15, 0.2) is 0 Å². The second-order valence-electron chi connectivity index (χ2n) is 4.22. The third kappa shape index (κ3) is 3.44. The van der Waals surface area contributed by atoms with E-state index in [9.17, 15) is 8.42 Å². The number of benzene rings is 1. The zero-order chi connectivity index (χ0) is 13.8. The molecule has 0 saturated heterocycles. The Hall–Kier alpha value is -1.11. The maximum absolute atomic E-state index is 12.2. The Morgan fingerprint density at radius 1 is 1.33 bits per heavy atom. The van der Waals surface area contributed by atoms with Gasteiger partial charge in [0, 0.05) is 12.6 Å². The minimum atomic E-state index is -3.64. The third-order valence-electron chi connectivity index (χ3n) is 2.84. The summed E-state index contributed by atoms with van der Waals surface area (Å²) in [5.74, 6) is 0.142. The minimum absolute atomic E-state index is 0.0738. The number of hydrogen-bond donors (Lipinski definition) is 2. The van der Waals surface area contributed by atoms with Gasteiger partial charge in [0.2, 0.25) is 10.0 Å². The zero-order valence-corrected chi connectivity index (χ0v) is 11.6. The van der Waals surface area contributed by atoms with Gasteiger partial charge in [-0.25, -0.2) is 13.1 Å². The van der Waals surface area contributed by atoms with E-state index in [4.69, 9.17) is 9.84 Å². The van der Waals surface area contributed by atoms with Crippen LogP contribution in [0.25, 0.3) is 0 Å². The van der Waals surface area contributed by atoms with E-state index in [1.54, 1.807) is 32.0 Å². The Labute approximate surface area is 108 Å². The average Bonchev–Trinajstić information content (AvgIpc) is 2.37. The lowest BCUT2D eigenvalue weighted by molar-refractivity contribution is 0.216. The van der Waals surface area contributed by atoms with Gasteiger partial charge in [0.05, 0.1) is 7.11 Å². The van der Waals surface area contributed by atoms with Gasteiger partial charge in [0.25, 0.3) is 0 Å². The van der Waals surface area contributed by atoms with Crippen LogP contribution in [0, 0.1) is 5.92 Å². The van der Waals surface area contributed by atoms with E-state index < -0.39 is 10.0 Å². The largest absolute Gasteiger partial charge is 0.495 e. The van der Waals surface area contributed by atoms with Crippen molar-refractivity contribution in [2.45, 2.75) is 24.8 Å². The lowest BCUT2D eigenvalue weighted by Crippen LogP contribution is -2.38. The van der Waals surface area contributed by atoms with Crippen molar-refractivity contribution in [3.63, 3.8) is 0 Å². The van der Waals surface area contributed by atoms with Crippen LogP contribution < -0.4 is 9.46 Å². The van der Waals surface area contributed by atoms with Crippen molar-refractivity contribution in [1.82, 2.24) is 4.72 Å². The Balaban J connectivity index is 3.00. The molecule has 0 radical (unpaired) electrons. The summed E-state index contributed by atoms with van der Waals surface area (Å²) in [7, 11) is -2.22. The summed E-state index contributed by atoms with van der Waals surface area (Å²) in [6.07, 6.45) is 0. The van der Waals surface area contributed by atoms with Gasteiger partial charge in [0.1, 0.15) is 10.6 Å². The molecule has 0 fully saturated rings. The average molecular weight is 273 g/mol. The van der Waals surface area contributed by atoms with E-state index >= 15 is 0 Å². The highest BCUT2D eigenvalue weighted by Gasteiger charge is 2.23. The Morgan fingerprint density at radius 3 is 2.50 bits per heavy atom. The van der Waals surface area contributed by atoms with Crippen LogP contribution in [0.15, 0.2) is 29.2 Å². The molecule has 1 aromatic carbocycles. The highest BCUT2D eigenvalue weighted by molar-refractivity contribution is 7.89. The number of sulfonamides is 1. The number of methoxy groups -OCH3 is 1. The van der Waals surface area contributed by atoms with Crippen LogP contribution >= 0.6 is 0 Å². The van der Waals surface area contributed by atoms with E-state index in [0.717, 1.165) is 0 Å². The predicted octanol–water partition coefficient (Wildman–Crippen LogP) is 0.990. The van der Waals surface area contributed by atoms with Crippen LogP contribution in [0.3, 0.4) is 0 Å². The smallest absolute Gasteiger partial charge is 0.244 e. The van der Waals surface area contributed by atoms with Gasteiger partial charge in [-0.05, 0) is 25.0 Å². The first-order chi connectivity index (χ1) is 8.42. The fourth-order valence-corrected chi connectivity index (χ4v) is 2.95. The molecule has 102 valence electrons. The summed E-state index contributed by atoms with van der Waals surface area (Å²) in [6.45, 7) is 3.42. The molecule has 0 aliphatic heterocycles. The highest BCUT2D eigenvalue weighted by Crippen LogP contribution is 2.23. The number of aliphatic hydroxyl groups excluding tert-OH is 1. The SMILES string of the molecule is COc1ccccc1S(=O)(=O)NC(C)C(C)CO. The first kappa shape index (κ1) is 14.9. The minimum Gasteiger partial charge on any atom is -0.495 e. The molecular weight excluding hydrogens is 254 g/mol. The molecule has 1 aromatic rings. The van der Waals surface area contributed by atoms with Crippen molar-refractivity contribution in [2.75, 3.05) is 13.7 Å². The molecule has 0 bridgehead atoms. The van der Waals surface area contributed by atoms with Crippen molar-refractivity contribution in [2.24, 2.45) is 5.92 Å². The van der Waals surface area contributed by atoms with Crippen LogP contribution in [0.5, 0.6) is 5.75 Å². The second kappa shape index (κ2) is 6.17. The molecule has 0 aliphatic rings. The van der Waals surface area contributed by atoms with Gasteiger partial charge >= 0.3 is 0 Å². The Kier molecular flexibility index (Phi) is 5.13. The summed E-state index contributed by atoms with van der Waals surface area (Å²) < 4.78 is 31.9. The van der Waals surface area contributed by atoms with Crippen LogP contribution in [0.4, 0.5) is 0 Å². The Morgan fingerprint density at radius 2 is 1.94 bits per heavy atom. The van der Waals surface area contributed by atoms with Crippen LogP contribution in [-0.2, 0) is 10.0 Å². The number of aliphatic hydroxyl groups is 1. The van der Waals surface area contributed by atoms with Gasteiger partial charge in [-0.3, -0.25) is 0 Å². The molecule has 2 unspecified atom stereocenters. The maximum atomic E-state index is 12.2. The highest BCUT2D eigenvalue weighted by atomic mass is 32.2. The van der Waals surface area contributed by atoms with Crippen molar-refractivity contribution in [3.05, 3.63) is 24.3 Å². The van der Waals surface area contributed by atoms with Crippen LogP contribution in [0.1, 0.15) is 13.8 Å². The summed E-state index contributed by atoms with van der Waals surface area (Å²) in [6, 6.07) is 6.06. The normalized spacial score (nSPS) is 15.1. The van der Waals surface area contributed by atoms with E-state index in [1.807, 2.05) is 0 Å². The molecule has 2 N–H and O–H groups in total. The number of para-hydroxylation sites is 1. The topological polar surface area (TPSA) is 75.6 Å². The maximum Gasteiger partial charge on any atom is 0.244 e. The van der Waals surface area contributed by atoms with Gasteiger partial charge in [-0.15, -0.1) is 0 Å². The Bertz CT molecular complexity index is 487. The number of rotatable bonds is 6. The first-order valence-corrected chi connectivity index (χ1v) is 7.17. The van der Waals surface area contributed by atoms with Crippen molar-refractivity contribution in [1.29, 1.82) is 0 Å². The summed E-state index contributed by atoms with van der Waals surface area (Å²) in [5.41, 5.74) is 0. The second-order valence-corrected chi connectivity index (χ2v) is 5.90. The molecule has 0 heterocycles. The van der Waals surface area contributed by atoms with Crippen molar-refractivity contribution >= 4 is 10.0 Å². The summed E-state index contributed by atoms with van der Waals surface area (Å²) >= 11 is 0. The van der Waals surface area contributed by atoms with E-state index in [0.29, 0.717) is 5.75 Å². The number of ether oxygens (including phenoxy) is 1. The summed E-state index contributed by atoms with van der Waals surface area (Å²) in [5, 5.41) is 9.01. The molecule has 2 atom stereocenters. The number of nitrogens with one attached hydrogen (secondary N) is 1. The fraction of sp³-hybridized carbons (Fsp3) is 0.500. The standard InChI is InChI=1S/C12H19NO4S/c1-9(8-14)10(2)13-18(15,16)12-7-5-4-6-11(12)17-3/h4-7,9-10,13-14H,8H2,1-3H3.